The summed E-state index contributed by atoms with van der Waals surface area (Å²) in [6.07, 6.45) is 0.938. The Balaban J connectivity index is 2.74. The lowest BCUT2D eigenvalue weighted by molar-refractivity contribution is -0.154. The number of rotatable bonds is 13. The second kappa shape index (κ2) is 20.6. The van der Waals surface area contributed by atoms with Gasteiger partial charge >= 0.3 is 5.97 Å². The number of hydrogen-bond acceptors (Lipinski definition) is 9. The van der Waals surface area contributed by atoms with E-state index in [0.29, 0.717) is 12.8 Å². The lowest BCUT2D eigenvalue weighted by Gasteiger charge is -2.44. The molecule has 51 heavy (non-hydrogen) atoms. The van der Waals surface area contributed by atoms with Gasteiger partial charge < -0.3 is 18.7 Å². The summed E-state index contributed by atoms with van der Waals surface area (Å²) in [5.74, 6) is -0.864. The third kappa shape index (κ3) is 12.1. The molecule has 0 bridgehead atoms. The maximum Gasteiger partial charge on any atom is 0.309 e. The zero-order chi connectivity index (χ0) is 38.6. The standard InChI is InChI=1S/C38H68N4O6SSi2/c1-13-50(14-2,15-3)47-34-24-35(44)46-33(27(8)22-30-25-49-29(10)40-30)23-31(41-42-39)32(43)21-19-20-26(7)36(28(9)37(45)38(34,11)12)48-51(16-4,17-5)18-6/h22,25-26,28,31-34,36,43H,13-21,23-24H2,1-12H3/b27-22+/t26-,28+,31-,32+,33-,34-,36-/m0/s1. The Hall–Kier alpha value is -1.87. The molecule has 0 radical (unpaired) electrons. The number of cyclic esters (lactones) is 1. The number of carbonyl (C=O) groups is 2. The minimum Gasteiger partial charge on any atom is -0.458 e. The zero-order valence-corrected chi connectivity index (χ0v) is 36.5. The van der Waals surface area contributed by atoms with Crippen molar-refractivity contribution < 1.29 is 28.3 Å². The first-order chi connectivity index (χ1) is 24.0. The molecule has 290 valence electrons. The number of ketones is 1. The third-order valence-corrected chi connectivity index (χ3v) is 22.0. The molecule has 13 heteroatoms. The first-order valence-electron chi connectivity index (χ1n) is 19.4. The first-order valence-corrected chi connectivity index (χ1v) is 25.4. The van der Waals surface area contributed by atoms with Gasteiger partial charge in [0.25, 0.3) is 0 Å². The van der Waals surface area contributed by atoms with Crippen molar-refractivity contribution in [3.8, 4) is 0 Å². The molecule has 0 amide bonds. The Labute approximate surface area is 314 Å². The molecule has 1 N–H and O–H groups in total. The largest absolute Gasteiger partial charge is 0.458 e. The van der Waals surface area contributed by atoms with E-state index in [1.807, 2.05) is 46.1 Å². The molecule has 2 rings (SSSR count). The Bertz CT molecular complexity index is 1320. The molecule has 1 aromatic rings. The highest BCUT2D eigenvalue weighted by atomic mass is 32.1. The monoisotopic (exact) mass is 764 g/mol. The Kier molecular flexibility index (Phi) is 18.3. The highest BCUT2D eigenvalue weighted by molar-refractivity contribution is 7.09. The van der Waals surface area contributed by atoms with Crippen LogP contribution < -0.4 is 0 Å². The van der Waals surface area contributed by atoms with Gasteiger partial charge in [0.1, 0.15) is 11.9 Å². The molecule has 1 aromatic heterocycles. The molecule has 0 spiro atoms. The smallest absolute Gasteiger partial charge is 0.309 e. The number of thiazole rings is 1. The van der Waals surface area contributed by atoms with Crippen LogP contribution in [0, 0.1) is 24.2 Å². The summed E-state index contributed by atoms with van der Waals surface area (Å²) in [7, 11) is -4.41. The third-order valence-electron chi connectivity index (χ3n) is 12.0. The van der Waals surface area contributed by atoms with Crippen LogP contribution in [0.3, 0.4) is 0 Å². The van der Waals surface area contributed by atoms with Crippen LogP contribution in [-0.2, 0) is 23.2 Å². The summed E-state index contributed by atoms with van der Waals surface area (Å²) in [5.41, 5.74) is 10.00. The van der Waals surface area contributed by atoms with Crippen molar-refractivity contribution in [1.82, 2.24) is 4.98 Å². The summed E-state index contributed by atoms with van der Waals surface area (Å²) in [6, 6.07) is 4.69. The van der Waals surface area contributed by atoms with Crippen LogP contribution >= 0.6 is 11.3 Å². The number of Topliss-reactive ketones (excluding diaryl/α,β-unsaturated/α-hetero) is 1. The molecule has 2 heterocycles. The Morgan fingerprint density at radius 2 is 1.63 bits per heavy atom. The van der Waals surface area contributed by atoms with Crippen molar-refractivity contribution in [2.24, 2.45) is 22.4 Å². The number of aromatic nitrogens is 1. The summed E-state index contributed by atoms with van der Waals surface area (Å²) in [6.45, 7) is 24.8. The molecule has 7 atom stereocenters. The lowest BCUT2D eigenvalue weighted by atomic mass is 9.73. The summed E-state index contributed by atoms with van der Waals surface area (Å²) in [4.78, 5) is 36.7. The van der Waals surface area contributed by atoms with E-state index in [2.05, 4.69) is 63.5 Å². The predicted octanol–water partition coefficient (Wildman–Crippen LogP) is 10.4. The Morgan fingerprint density at radius 1 is 1.06 bits per heavy atom. The topological polar surface area (TPSA) is 144 Å². The number of carbonyl (C=O) groups excluding carboxylic acids is 2. The van der Waals surface area contributed by atoms with E-state index in [9.17, 15) is 20.2 Å². The molecular weight excluding hydrogens is 697 g/mol. The van der Waals surface area contributed by atoms with Gasteiger partial charge in [0.05, 0.1) is 41.5 Å². The zero-order valence-electron chi connectivity index (χ0n) is 33.7. The number of azide groups is 1. The van der Waals surface area contributed by atoms with Crippen LogP contribution in [0.5, 0.6) is 0 Å². The molecular formula is C38H68N4O6SSi2. The van der Waals surface area contributed by atoms with Gasteiger partial charge in [-0.2, -0.15) is 0 Å². The summed E-state index contributed by atoms with van der Waals surface area (Å²) >= 11 is 1.53. The maximum absolute atomic E-state index is 14.9. The summed E-state index contributed by atoms with van der Waals surface area (Å²) in [5, 5.41) is 18.3. The fourth-order valence-electron chi connectivity index (χ4n) is 7.67. The normalized spacial score (nSPS) is 27.9. The van der Waals surface area contributed by atoms with Crippen LogP contribution in [0.25, 0.3) is 16.5 Å². The van der Waals surface area contributed by atoms with E-state index in [0.717, 1.165) is 59.0 Å². The van der Waals surface area contributed by atoms with Crippen molar-refractivity contribution in [3.05, 3.63) is 32.1 Å². The number of hydrogen-bond donors (Lipinski definition) is 1. The van der Waals surface area contributed by atoms with Crippen molar-refractivity contribution in [1.29, 1.82) is 0 Å². The second-order valence-electron chi connectivity index (χ2n) is 15.4. The number of ether oxygens (including phenoxy) is 1. The van der Waals surface area contributed by atoms with Gasteiger partial charge in [-0.05, 0) is 92.5 Å². The van der Waals surface area contributed by atoms with E-state index < -0.39 is 58.3 Å². The summed E-state index contributed by atoms with van der Waals surface area (Å²) < 4.78 is 20.5. The van der Waals surface area contributed by atoms with Crippen LogP contribution in [0.15, 0.2) is 16.1 Å². The van der Waals surface area contributed by atoms with Crippen molar-refractivity contribution >= 4 is 45.8 Å². The maximum atomic E-state index is 14.9. The van der Waals surface area contributed by atoms with Gasteiger partial charge in [-0.1, -0.05) is 80.8 Å². The van der Waals surface area contributed by atoms with Gasteiger partial charge in [-0.25, -0.2) is 4.98 Å². The highest BCUT2D eigenvalue weighted by Gasteiger charge is 2.48. The minimum atomic E-state index is -2.29. The molecule has 1 saturated heterocycles. The van der Waals surface area contributed by atoms with E-state index >= 15 is 0 Å². The molecule has 0 saturated carbocycles. The molecule has 10 nitrogen and oxygen atoms in total. The van der Waals surface area contributed by atoms with Crippen LogP contribution in [-0.4, -0.2) is 68.9 Å². The van der Waals surface area contributed by atoms with Crippen molar-refractivity contribution in [3.63, 3.8) is 0 Å². The van der Waals surface area contributed by atoms with Gasteiger partial charge in [0.2, 0.25) is 0 Å². The van der Waals surface area contributed by atoms with Crippen molar-refractivity contribution in [2.45, 2.75) is 182 Å². The highest BCUT2D eigenvalue weighted by Crippen LogP contribution is 2.40. The molecule has 1 aliphatic heterocycles. The quantitative estimate of drug-likeness (QED) is 0.0692. The minimum absolute atomic E-state index is 0.0357. The fraction of sp³-hybridized carbons (Fsp3) is 0.816. The lowest BCUT2D eigenvalue weighted by Crippen LogP contribution is -2.53. The van der Waals surface area contributed by atoms with Crippen molar-refractivity contribution in [2.75, 3.05) is 0 Å². The van der Waals surface area contributed by atoms with E-state index in [4.69, 9.17) is 13.6 Å². The number of nitrogens with zero attached hydrogens (tertiary/aromatic N) is 4. The fourth-order valence-corrected chi connectivity index (χ4v) is 14.2. The van der Waals surface area contributed by atoms with Gasteiger partial charge in [-0.3, -0.25) is 9.59 Å². The first kappa shape index (κ1) is 45.3. The van der Waals surface area contributed by atoms with Gasteiger partial charge in [-0.15, -0.1) is 11.3 Å². The number of aliphatic hydroxyl groups excluding tert-OH is 1. The van der Waals surface area contributed by atoms with Gasteiger partial charge in [0.15, 0.2) is 16.6 Å². The van der Waals surface area contributed by atoms with E-state index in [1.54, 1.807) is 0 Å². The molecule has 0 unspecified atom stereocenters. The Morgan fingerprint density at radius 3 is 2.14 bits per heavy atom. The van der Waals surface area contributed by atoms with E-state index in [-0.39, 0.29) is 30.6 Å². The van der Waals surface area contributed by atoms with Crippen LogP contribution in [0.1, 0.15) is 119 Å². The average Bonchev–Trinajstić information content (AvgIpc) is 3.53. The van der Waals surface area contributed by atoms with E-state index in [1.165, 1.54) is 11.3 Å². The number of esters is 1. The number of aryl methyl sites for hydroxylation is 1. The molecule has 1 aliphatic rings. The molecule has 0 aliphatic carbocycles. The van der Waals surface area contributed by atoms with Gasteiger partial charge in [0, 0.05) is 21.6 Å². The average molecular weight is 765 g/mol. The van der Waals surface area contributed by atoms with Crippen LogP contribution in [0.2, 0.25) is 36.3 Å². The van der Waals surface area contributed by atoms with Crippen LogP contribution in [0.4, 0.5) is 0 Å². The molecule has 0 aromatic carbocycles. The predicted molar refractivity (Wildman–Crippen MR) is 214 cm³/mol. The second-order valence-corrected chi connectivity index (χ2v) is 25.9. The molecule has 1 fully saturated rings. The SMILES string of the molecule is CC[Si](CC)(CC)O[C@H]1[C@@H](C)CCC[C@@H](O)[C@@H](N=[N+]=[N-])C[C@@H](/C(C)=C/c2csc(C)n2)OC(=O)C[C@H](O[Si](CC)(CC)CC)C(C)(C)C(=O)[C@@H]1C. The number of aliphatic hydroxyl groups is 1.